The van der Waals surface area contributed by atoms with Crippen molar-refractivity contribution in [3.63, 3.8) is 0 Å². The van der Waals surface area contributed by atoms with E-state index in [0.29, 0.717) is 16.7 Å². The Labute approximate surface area is 133 Å². The number of rotatable bonds is 3. The Kier molecular flexibility index (Phi) is 3.95. The highest BCUT2D eigenvalue weighted by Crippen LogP contribution is 2.27. The van der Waals surface area contributed by atoms with Crippen molar-refractivity contribution in [2.24, 2.45) is 0 Å². The molecule has 0 aliphatic heterocycles. The van der Waals surface area contributed by atoms with Gasteiger partial charge in [0.25, 0.3) is 0 Å². The Morgan fingerprint density at radius 3 is 2.48 bits per heavy atom. The monoisotopic (exact) mass is 317 g/mol. The molecule has 5 heteroatoms. The first-order valence-corrected chi connectivity index (χ1v) is 7.44. The predicted molar refractivity (Wildman–Crippen MR) is 86.1 cm³/mol. The van der Waals surface area contributed by atoms with Crippen LogP contribution in [-0.2, 0) is 5.88 Å². The molecular weight excluding hydrogens is 305 g/mol. The zero-order valence-electron chi connectivity index (χ0n) is 11.4. The Balaban J connectivity index is 2.20. The molecule has 3 rings (SSSR count). The van der Waals surface area contributed by atoms with Gasteiger partial charge < -0.3 is 0 Å². The molecule has 106 valence electrons. The van der Waals surface area contributed by atoms with Crippen LogP contribution < -0.4 is 0 Å². The van der Waals surface area contributed by atoms with Gasteiger partial charge in [0.05, 0.1) is 5.88 Å². The molecule has 0 radical (unpaired) electrons. The summed E-state index contributed by atoms with van der Waals surface area (Å²) in [5.41, 5.74) is 2.92. The molecule has 0 fully saturated rings. The van der Waals surface area contributed by atoms with Crippen molar-refractivity contribution in [3.8, 4) is 17.1 Å². The van der Waals surface area contributed by atoms with Crippen LogP contribution in [0.5, 0.6) is 0 Å². The van der Waals surface area contributed by atoms with Crippen molar-refractivity contribution in [2.75, 3.05) is 0 Å². The molecule has 0 aliphatic carbocycles. The van der Waals surface area contributed by atoms with Gasteiger partial charge in [-0.05, 0) is 30.7 Å². The molecule has 1 aromatic heterocycles. The predicted octanol–water partition coefficient (Wildman–Crippen LogP) is 4.63. The normalized spacial score (nSPS) is 10.8. The van der Waals surface area contributed by atoms with Gasteiger partial charge >= 0.3 is 0 Å². The van der Waals surface area contributed by atoms with Crippen LogP contribution in [0.4, 0.5) is 0 Å². The summed E-state index contributed by atoms with van der Waals surface area (Å²) in [6.07, 6.45) is 0. The van der Waals surface area contributed by atoms with Crippen molar-refractivity contribution < 1.29 is 0 Å². The average molecular weight is 318 g/mol. The molecule has 0 amide bonds. The van der Waals surface area contributed by atoms with Crippen LogP contribution in [0.2, 0.25) is 5.02 Å². The molecule has 0 saturated carbocycles. The summed E-state index contributed by atoms with van der Waals surface area (Å²) in [4.78, 5) is 0. The van der Waals surface area contributed by atoms with E-state index in [9.17, 15) is 0 Å². The van der Waals surface area contributed by atoms with Crippen molar-refractivity contribution in [1.82, 2.24) is 14.8 Å². The van der Waals surface area contributed by atoms with E-state index < -0.39 is 0 Å². The lowest BCUT2D eigenvalue weighted by atomic mass is 10.1. The van der Waals surface area contributed by atoms with Gasteiger partial charge in [-0.2, -0.15) is 0 Å². The summed E-state index contributed by atoms with van der Waals surface area (Å²) >= 11 is 12.2. The molecule has 1 heterocycles. The summed E-state index contributed by atoms with van der Waals surface area (Å²) in [7, 11) is 0. The fourth-order valence-electron chi connectivity index (χ4n) is 2.17. The van der Waals surface area contributed by atoms with Crippen molar-refractivity contribution in [2.45, 2.75) is 12.8 Å². The van der Waals surface area contributed by atoms with Crippen LogP contribution in [0.1, 0.15) is 11.4 Å². The minimum absolute atomic E-state index is 0.293. The molecule has 0 unspecified atom stereocenters. The fraction of sp³-hybridized carbons (Fsp3) is 0.125. The third-order valence-electron chi connectivity index (χ3n) is 3.29. The van der Waals surface area contributed by atoms with Crippen molar-refractivity contribution in [3.05, 3.63) is 64.9 Å². The maximum absolute atomic E-state index is 6.22. The molecule has 0 bridgehead atoms. The number of benzene rings is 2. The van der Waals surface area contributed by atoms with Gasteiger partial charge in [-0.1, -0.05) is 41.9 Å². The first kappa shape index (κ1) is 14.1. The lowest BCUT2D eigenvalue weighted by Gasteiger charge is -2.10. The van der Waals surface area contributed by atoms with Crippen LogP contribution in [0.3, 0.4) is 0 Å². The fourth-order valence-corrected chi connectivity index (χ4v) is 2.52. The van der Waals surface area contributed by atoms with Crippen LogP contribution in [-0.4, -0.2) is 14.8 Å². The molecule has 0 N–H and O–H groups in total. The van der Waals surface area contributed by atoms with E-state index in [2.05, 4.69) is 10.2 Å². The van der Waals surface area contributed by atoms with Crippen LogP contribution in [0, 0.1) is 6.92 Å². The van der Waals surface area contributed by atoms with Gasteiger partial charge in [0.2, 0.25) is 0 Å². The quantitative estimate of drug-likeness (QED) is 0.659. The number of aromatic nitrogens is 3. The molecule has 0 saturated heterocycles. The van der Waals surface area contributed by atoms with E-state index in [-0.39, 0.29) is 0 Å². The average Bonchev–Trinajstić information content (AvgIpc) is 2.95. The second-order valence-corrected chi connectivity index (χ2v) is 5.38. The third kappa shape index (κ3) is 2.67. The standard InChI is InChI=1S/C16H13Cl2N3/c1-11-7-8-12(9-14(11)18)16-20-19-15(10-17)21(16)13-5-3-2-4-6-13/h2-9H,10H2,1H3. The van der Waals surface area contributed by atoms with Crippen molar-refractivity contribution in [1.29, 1.82) is 0 Å². The number of para-hydroxylation sites is 1. The molecule has 3 nitrogen and oxygen atoms in total. The van der Waals surface area contributed by atoms with E-state index >= 15 is 0 Å². The zero-order valence-corrected chi connectivity index (χ0v) is 12.9. The van der Waals surface area contributed by atoms with Gasteiger partial charge in [0, 0.05) is 16.3 Å². The molecule has 2 aromatic carbocycles. The molecular formula is C16H13Cl2N3. The summed E-state index contributed by atoms with van der Waals surface area (Å²) in [6.45, 7) is 1.97. The van der Waals surface area contributed by atoms with Gasteiger partial charge in [-0.3, -0.25) is 4.57 Å². The molecule has 0 atom stereocenters. The Bertz CT molecular complexity index is 766. The molecule has 3 aromatic rings. The SMILES string of the molecule is Cc1ccc(-c2nnc(CCl)n2-c2ccccc2)cc1Cl. The van der Waals surface area contributed by atoms with E-state index in [1.54, 1.807) is 0 Å². The number of nitrogens with zero attached hydrogens (tertiary/aromatic N) is 3. The maximum atomic E-state index is 6.22. The smallest absolute Gasteiger partial charge is 0.168 e. The Morgan fingerprint density at radius 1 is 1.05 bits per heavy atom. The van der Waals surface area contributed by atoms with Gasteiger partial charge in [0.1, 0.15) is 0 Å². The first-order valence-electron chi connectivity index (χ1n) is 6.53. The second-order valence-electron chi connectivity index (χ2n) is 4.71. The Morgan fingerprint density at radius 2 is 1.81 bits per heavy atom. The molecule has 21 heavy (non-hydrogen) atoms. The van der Waals surface area contributed by atoms with Crippen LogP contribution >= 0.6 is 23.2 Å². The summed E-state index contributed by atoms with van der Waals surface area (Å²) in [5, 5.41) is 9.16. The number of hydrogen-bond acceptors (Lipinski definition) is 2. The maximum Gasteiger partial charge on any atom is 0.168 e. The van der Waals surface area contributed by atoms with Crippen molar-refractivity contribution >= 4 is 23.2 Å². The zero-order chi connectivity index (χ0) is 14.8. The topological polar surface area (TPSA) is 30.7 Å². The number of alkyl halides is 1. The summed E-state index contributed by atoms with van der Waals surface area (Å²) in [5.74, 6) is 1.73. The summed E-state index contributed by atoms with van der Waals surface area (Å²) < 4.78 is 1.95. The highest BCUT2D eigenvalue weighted by atomic mass is 35.5. The highest BCUT2D eigenvalue weighted by Gasteiger charge is 2.15. The Hall–Kier alpha value is -1.84. The van der Waals surface area contributed by atoms with Gasteiger partial charge in [-0.25, -0.2) is 0 Å². The highest BCUT2D eigenvalue weighted by molar-refractivity contribution is 6.31. The minimum Gasteiger partial charge on any atom is -0.278 e. The second kappa shape index (κ2) is 5.88. The van der Waals surface area contributed by atoms with Gasteiger partial charge in [0.15, 0.2) is 11.6 Å². The van der Waals surface area contributed by atoms with Gasteiger partial charge in [-0.15, -0.1) is 21.8 Å². The number of hydrogen-bond donors (Lipinski definition) is 0. The molecule has 0 aliphatic rings. The number of halogens is 2. The van der Waals surface area contributed by atoms with Crippen LogP contribution in [0.25, 0.3) is 17.1 Å². The van der Waals surface area contributed by atoms with E-state index in [0.717, 1.165) is 22.6 Å². The van der Waals surface area contributed by atoms with E-state index in [1.807, 2.05) is 60.0 Å². The lowest BCUT2D eigenvalue weighted by molar-refractivity contribution is 0.953. The first-order chi connectivity index (χ1) is 10.2. The van der Waals surface area contributed by atoms with E-state index in [4.69, 9.17) is 23.2 Å². The van der Waals surface area contributed by atoms with Crippen LogP contribution in [0.15, 0.2) is 48.5 Å². The summed E-state index contributed by atoms with van der Waals surface area (Å²) in [6, 6.07) is 15.8. The molecule has 0 spiro atoms. The lowest BCUT2D eigenvalue weighted by Crippen LogP contribution is -2.01. The number of aryl methyl sites for hydroxylation is 1. The largest absolute Gasteiger partial charge is 0.278 e. The van der Waals surface area contributed by atoms with E-state index in [1.165, 1.54) is 0 Å². The minimum atomic E-state index is 0.293. The third-order valence-corrected chi connectivity index (χ3v) is 3.94.